The molecule has 0 spiro atoms. The van der Waals surface area contributed by atoms with Crippen molar-refractivity contribution in [3.63, 3.8) is 0 Å². The van der Waals surface area contributed by atoms with Gasteiger partial charge in [-0.25, -0.2) is 9.97 Å². The molecule has 31 heavy (non-hydrogen) atoms. The molecule has 0 fully saturated rings. The van der Waals surface area contributed by atoms with E-state index in [0.717, 1.165) is 29.1 Å². The van der Waals surface area contributed by atoms with Crippen LogP contribution in [-0.2, 0) is 24.1 Å². The third-order valence-electron chi connectivity index (χ3n) is 5.35. The first-order valence-electron chi connectivity index (χ1n) is 10.1. The second-order valence-electron chi connectivity index (χ2n) is 7.35. The molecule has 5 rings (SSSR count). The number of nitrogens with two attached hydrogens (primary N) is 1. The van der Waals surface area contributed by atoms with Crippen LogP contribution >= 0.6 is 0 Å². The predicted molar refractivity (Wildman–Crippen MR) is 116 cm³/mol. The number of hydrogen-bond acceptors (Lipinski definition) is 7. The molecule has 0 bridgehead atoms. The van der Waals surface area contributed by atoms with E-state index in [9.17, 15) is 4.79 Å². The summed E-state index contributed by atoms with van der Waals surface area (Å²) in [6.07, 6.45) is 1.42. The van der Waals surface area contributed by atoms with E-state index in [1.54, 1.807) is 12.1 Å². The van der Waals surface area contributed by atoms with Crippen LogP contribution in [0.2, 0.25) is 0 Å². The number of primary amides is 1. The zero-order valence-electron chi connectivity index (χ0n) is 16.8. The maximum absolute atomic E-state index is 11.7. The molecular weight excluding hydrogens is 394 g/mol. The van der Waals surface area contributed by atoms with Crippen molar-refractivity contribution < 1.29 is 14.1 Å². The van der Waals surface area contributed by atoms with E-state index in [1.807, 2.05) is 24.3 Å². The molecule has 0 aliphatic carbocycles. The maximum Gasteiger partial charge on any atom is 0.252 e. The van der Waals surface area contributed by atoms with E-state index in [-0.39, 0.29) is 5.56 Å². The van der Waals surface area contributed by atoms with Crippen molar-refractivity contribution in [1.82, 2.24) is 15.1 Å². The molecule has 0 saturated carbocycles. The first-order valence-corrected chi connectivity index (χ1v) is 10.1. The Labute approximate surface area is 178 Å². The second kappa shape index (κ2) is 8.16. The predicted octanol–water partition coefficient (Wildman–Crippen LogP) is 3.11. The number of aromatic nitrogens is 3. The Bertz CT molecular complexity index is 1250. The molecule has 3 N–H and O–H groups in total. The zero-order valence-corrected chi connectivity index (χ0v) is 16.8. The van der Waals surface area contributed by atoms with Gasteiger partial charge < -0.3 is 20.3 Å². The van der Waals surface area contributed by atoms with Crippen molar-refractivity contribution in [3.05, 3.63) is 70.9 Å². The summed E-state index contributed by atoms with van der Waals surface area (Å²) in [6.45, 7) is 1.87. The largest absolute Gasteiger partial charge is 0.381 e. The molecule has 1 aliphatic rings. The Balaban J connectivity index is 1.59. The van der Waals surface area contributed by atoms with Gasteiger partial charge in [-0.2, -0.15) is 0 Å². The molecule has 4 aromatic rings. The van der Waals surface area contributed by atoms with E-state index in [1.165, 1.54) is 0 Å². The number of benzene rings is 2. The molecule has 0 saturated heterocycles. The van der Waals surface area contributed by atoms with Gasteiger partial charge in [-0.3, -0.25) is 4.79 Å². The van der Waals surface area contributed by atoms with Gasteiger partial charge >= 0.3 is 0 Å². The average molecular weight is 415 g/mol. The Morgan fingerprint density at radius 3 is 2.71 bits per heavy atom. The summed E-state index contributed by atoms with van der Waals surface area (Å²) in [4.78, 5) is 21.3. The summed E-state index contributed by atoms with van der Waals surface area (Å²) in [5.41, 5.74) is 9.71. The van der Waals surface area contributed by atoms with Gasteiger partial charge in [0, 0.05) is 24.9 Å². The van der Waals surface area contributed by atoms with E-state index < -0.39 is 5.91 Å². The number of fused-ring (bicyclic) bond motifs is 2. The minimum Gasteiger partial charge on any atom is -0.381 e. The number of para-hydroxylation sites is 1. The molecule has 0 unspecified atom stereocenters. The fourth-order valence-corrected chi connectivity index (χ4v) is 3.80. The Morgan fingerprint density at radius 1 is 1.03 bits per heavy atom. The molecule has 2 aromatic heterocycles. The fraction of sp³-hybridized carbons (Fsp3) is 0.217. The Hall–Kier alpha value is -3.78. The number of carbonyl (C=O) groups excluding carboxylic acids is 1. The van der Waals surface area contributed by atoms with Crippen LogP contribution in [-0.4, -0.2) is 34.2 Å². The molecule has 156 valence electrons. The second-order valence-corrected chi connectivity index (χ2v) is 7.35. The Kier molecular flexibility index (Phi) is 5.05. The number of anilines is 1. The highest BCUT2D eigenvalue weighted by Crippen LogP contribution is 2.31. The number of ether oxygens (including phenoxy) is 1. The number of hydrogen-bond donors (Lipinski definition) is 2. The van der Waals surface area contributed by atoms with Crippen LogP contribution in [0.25, 0.3) is 22.5 Å². The quantitative estimate of drug-likeness (QED) is 0.514. The fourth-order valence-electron chi connectivity index (χ4n) is 3.80. The lowest BCUT2D eigenvalue weighted by molar-refractivity contribution is 0.100. The zero-order chi connectivity index (χ0) is 21.2. The number of amides is 1. The van der Waals surface area contributed by atoms with E-state index in [2.05, 4.69) is 22.6 Å². The standard InChI is InChI=1S/C23H21N5O3/c24-21(29)17-8-4-7-16-19(28-31-20(16)17)23-26-18-10-12-30-11-9-15(18)22(27-23)25-13-14-5-2-1-3-6-14/h1-8H,9-13H2,(H2,24,29)(H,25,26,27). The van der Waals surface area contributed by atoms with Crippen molar-refractivity contribution in [3.8, 4) is 11.5 Å². The molecule has 8 nitrogen and oxygen atoms in total. The molecule has 3 heterocycles. The van der Waals surface area contributed by atoms with Crippen LogP contribution in [0, 0.1) is 0 Å². The van der Waals surface area contributed by atoms with Crippen LogP contribution in [0.5, 0.6) is 0 Å². The average Bonchev–Trinajstić information content (AvgIpc) is 3.08. The summed E-state index contributed by atoms with van der Waals surface area (Å²) in [6, 6.07) is 15.3. The monoisotopic (exact) mass is 415 g/mol. The molecule has 8 heteroatoms. The van der Waals surface area contributed by atoms with Gasteiger partial charge in [0.05, 0.1) is 29.9 Å². The summed E-state index contributed by atoms with van der Waals surface area (Å²) >= 11 is 0. The van der Waals surface area contributed by atoms with Gasteiger partial charge in [-0.1, -0.05) is 41.6 Å². The summed E-state index contributed by atoms with van der Waals surface area (Å²) in [5, 5.41) is 8.28. The van der Waals surface area contributed by atoms with Gasteiger partial charge in [0.15, 0.2) is 17.1 Å². The smallest absolute Gasteiger partial charge is 0.252 e. The summed E-state index contributed by atoms with van der Waals surface area (Å²) in [5.74, 6) is 0.631. The van der Waals surface area contributed by atoms with Crippen molar-refractivity contribution in [2.45, 2.75) is 19.4 Å². The van der Waals surface area contributed by atoms with Crippen molar-refractivity contribution >= 4 is 22.7 Å². The SMILES string of the molecule is NC(=O)c1cccc2c(-c3nc4c(c(NCc5ccccc5)n3)CCOCC4)noc12. The van der Waals surface area contributed by atoms with E-state index in [0.29, 0.717) is 48.7 Å². The molecule has 0 radical (unpaired) electrons. The molecule has 1 aliphatic heterocycles. The minimum atomic E-state index is -0.571. The molecular formula is C23H21N5O3. The lowest BCUT2D eigenvalue weighted by Gasteiger charge is -2.14. The number of rotatable bonds is 5. The van der Waals surface area contributed by atoms with Crippen LogP contribution in [0.15, 0.2) is 53.1 Å². The first kappa shape index (κ1) is 19.2. The lowest BCUT2D eigenvalue weighted by Crippen LogP contribution is -2.11. The third kappa shape index (κ3) is 3.73. The van der Waals surface area contributed by atoms with Gasteiger partial charge in [-0.05, 0) is 17.7 Å². The minimum absolute atomic E-state index is 0.279. The van der Waals surface area contributed by atoms with E-state index >= 15 is 0 Å². The molecule has 1 amide bonds. The van der Waals surface area contributed by atoms with Crippen LogP contribution < -0.4 is 11.1 Å². The van der Waals surface area contributed by atoms with Crippen molar-refractivity contribution in [2.24, 2.45) is 5.73 Å². The van der Waals surface area contributed by atoms with Crippen LogP contribution in [0.3, 0.4) is 0 Å². The number of nitrogens with zero attached hydrogens (tertiary/aromatic N) is 3. The van der Waals surface area contributed by atoms with E-state index in [4.69, 9.17) is 25.0 Å². The lowest BCUT2D eigenvalue weighted by atomic mass is 10.1. The molecule has 0 atom stereocenters. The summed E-state index contributed by atoms with van der Waals surface area (Å²) in [7, 11) is 0. The van der Waals surface area contributed by atoms with Gasteiger partial charge in [0.25, 0.3) is 5.91 Å². The third-order valence-corrected chi connectivity index (χ3v) is 5.35. The highest BCUT2D eigenvalue weighted by Gasteiger charge is 2.22. The number of carbonyl (C=O) groups is 1. The molecule has 2 aromatic carbocycles. The summed E-state index contributed by atoms with van der Waals surface area (Å²) < 4.78 is 11.1. The topological polar surface area (TPSA) is 116 Å². The normalized spacial score (nSPS) is 13.5. The van der Waals surface area contributed by atoms with Gasteiger partial charge in [0.1, 0.15) is 5.82 Å². The Morgan fingerprint density at radius 2 is 1.87 bits per heavy atom. The van der Waals surface area contributed by atoms with Gasteiger partial charge in [0.2, 0.25) is 0 Å². The first-order chi connectivity index (χ1) is 15.2. The highest BCUT2D eigenvalue weighted by molar-refractivity contribution is 6.06. The van der Waals surface area contributed by atoms with Crippen LogP contribution in [0.4, 0.5) is 5.82 Å². The van der Waals surface area contributed by atoms with Crippen molar-refractivity contribution in [2.75, 3.05) is 18.5 Å². The van der Waals surface area contributed by atoms with Crippen LogP contribution in [0.1, 0.15) is 27.2 Å². The highest BCUT2D eigenvalue weighted by atomic mass is 16.5. The maximum atomic E-state index is 11.7. The number of nitrogens with one attached hydrogen (secondary N) is 1. The van der Waals surface area contributed by atoms with Gasteiger partial charge in [-0.15, -0.1) is 0 Å². The van der Waals surface area contributed by atoms with Crippen molar-refractivity contribution in [1.29, 1.82) is 0 Å².